The molecule has 1 aromatic carbocycles. The number of carbonyl (C=O) groups is 1. The molecular formula is C21H22Cl2F3N3O. The van der Waals surface area contributed by atoms with Gasteiger partial charge in [0.05, 0.1) is 6.42 Å². The SMILES string of the molecule is CC1CCN(c2nc(C(F)(F)F)ccc2CNC(=O)Cc2c(Cl)cccc2Cl)CC1. The van der Waals surface area contributed by atoms with E-state index in [-0.39, 0.29) is 24.7 Å². The van der Waals surface area contributed by atoms with E-state index in [2.05, 4.69) is 17.2 Å². The Bertz CT molecular complexity index is 893. The fourth-order valence-corrected chi connectivity index (χ4v) is 3.92. The highest BCUT2D eigenvalue weighted by Crippen LogP contribution is 2.32. The van der Waals surface area contributed by atoms with Crippen LogP contribution in [0.5, 0.6) is 0 Å². The van der Waals surface area contributed by atoms with Crippen LogP contribution in [0.3, 0.4) is 0 Å². The molecule has 1 aliphatic heterocycles. The molecule has 1 amide bonds. The van der Waals surface area contributed by atoms with Crippen LogP contribution < -0.4 is 10.2 Å². The maximum Gasteiger partial charge on any atom is 0.433 e. The lowest BCUT2D eigenvalue weighted by molar-refractivity contribution is -0.141. The van der Waals surface area contributed by atoms with Crippen LogP contribution in [0, 0.1) is 5.92 Å². The Morgan fingerprint density at radius 2 is 1.80 bits per heavy atom. The van der Waals surface area contributed by atoms with Crippen LogP contribution in [0.4, 0.5) is 19.0 Å². The van der Waals surface area contributed by atoms with Gasteiger partial charge in [0.1, 0.15) is 11.5 Å². The number of halogens is 5. The first-order chi connectivity index (χ1) is 14.1. The number of alkyl halides is 3. The Balaban J connectivity index is 1.76. The third kappa shape index (κ3) is 5.58. The number of hydrogen-bond acceptors (Lipinski definition) is 3. The summed E-state index contributed by atoms with van der Waals surface area (Å²) in [7, 11) is 0. The van der Waals surface area contributed by atoms with Gasteiger partial charge in [0.2, 0.25) is 5.91 Å². The smallest absolute Gasteiger partial charge is 0.356 e. The second kappa shape index (κ2) is 9.43. The average Bonchev–Trinajstić information content (AvgIpc) is 2.69. The molecule has 0 unspecified atom stereocenters. The van der Waals surface area contributed by atoms with Gasteiger partial charge in [0, 0.05) is 35.2 Å². The molecule has 2 heterocycles. The highest BCUT2D eigenvalue weighted by atomic mass is 35.5. The number of amides is 1. The number of aromatic nitrogens is 1. The van der Waals surface area contributed by atoms with Crippen LogP contribution in [0.1, 0.15) is 36.6 Å². The van der Waals surface area contributed by atoms with Gasteiger partial charge in [-0.2, -0.15) is 13.2 Å². The third-order valence-electron chi connectivity index (χ3n) is 5.20. The summed E-state index contributed by atoms with van der Waals surface area (Å²) in [5.74, 6) is 0.464. The number of pyridine rings is 1. The molecule has 1 fully saturated rings. The zero-order valence-corrected chi connectivity index (χ0v) is 17.9. The van der Waals surface area contributed by atoms with Crippen molar-refractivity contribution in [2.75, 3.05) is 18.0 Å². The Labute approximate surface area is 183 Å². The lowest BCUT2D eigenvalue weighted by Gasteiger charge is -2.33. The summed E-state index contributed by atoms with van der Waals surface area (Å²) in [6.07, 6.45) is -2.78. The molecule has 1 saturated heterocycles. The van der Waals surface area contributed by atoms with Gasteiger partial charge in [-0.3, -0.25) is 4.79 Å². The number of carbonyl (C=O) groups excluding carboxylic acids is 1. The van der Waals surface area contributed by atoms with Crippen molar-refractivity contribution in [1.29, 1.82) is 0 Å². The fourth-order valence-electron chi connectivity index (χ4n) is 3.39. The third-order valence-corrected chi connectivity index (χ3v) is 5.91. The standard InChI is InChI=1S/C21H22Cl2F3N3O/c1-13-7-9-29(10-8-13)20-14(5-6-18(28-20)21(24,25)26)12-27-19(30)11-15-16(22)3-2-4-17(15)23/h2-6,13H,7-12H2,1H3,(H,27,30). The minimum absolute atomic E-state index is 0.0247. The second-order valence-electron chi connectivity index (χ2n) is 7.50. The van der Waals surface area contributed by atoms with E-state index in [1.54, 1.807) is 18.2 Å². The number of nitrogens with one attached hydrogen (secondary N) is 1. The van der Waals surface area contributed by atoms with Gasteiger partial charge in [0.25, 0.3) is 0 Å². The summed E-state index contributed by atoms with van der Waals surface area (Å²) in [5.41, 5.74) is 0.110. The molecule has 30 heavy (non-hydrogen) atoms. The van der Waals surface area contributed by atoms with Gasteiger partial charge < -0.3 is 10.2 Å². The maximum absolute atomic E-state index is 13.2. The van der Waals surface area contributed by atoms with E-state index < -0.39 is 11.9 Å². The zero-order valence-electron chi connectivity index (χ0n) is 16.4. The van der Waals surface area contributed by atoms with E-state index in [1.165, 1.54) is 6.07 Å². The van der Waals surface area contributed by atoms with Crippen LogP contribution >= 0.6 is 23.2 Å². The number of anilines is 1. The topological polar surface area (TPSA) is 45.2 Å². The minimum Gasteiger partial charge on any atom is -0.356 e. The largest absolute Gasteiger partial charge is 0.433 e. The van der Waals surface area contributed by atoms with Crippen molar-refractivity contribution in [1.82, 2.24) is 10.3 Å². The molecule has 1 aromatic heterocycles. The lowest BCUT2D eigenvalue weighted by Crippen LogP contribution is -2.35. The summed E-state index contributed by atoms with van der Waals surface area (Å²) in [5, 5.41) is 3.52. The normalized spacial score (nSPS) is 15.3. The Morgan fingerprint density at radius 1 is 1.17 bits per heavy atom. The summed E-state index contributed by atoms with van der Waals surface area (Å²) in [4.78, 5) is 18.2. The van der Waals surface area contributed by atoms with Crippen molar-refractivity contribution in [3.63, 3.8) is 0 Å². The number of rotatable bonds is 5. The zero-order chi connectivity index (χ0) is 21.9. The Kier molecular flexibility index (Phi) is 7.14. The molecule has 0 radical (unpaired) electrons. The predicted octanol–water partition coefficient (Wildman–Crippen LogP) is 5.50. The number of benzene rings is 1. The van der Waals surface area contributed by atoms with E-state index in [0.717, 1.165) is 18.9 Å². The summed E-state index contributed by atoms with van der Waals surface area (Å²) in [6, 6.07) is 7.30. The maximum atomic E-state index is 13.2. The van der Waals surface area contributed by atoms with Crippen molar-refractivity contribution >= 4 is 34.9 Å². The summed E-state index contributed by atoms with van der Waals surface area (Å²) < 4.78 is 39.6. The molecule has 0 saturated carbocycles. The van der Waals surface area contributed by atoms with Crippen LogP contribution in [0.15, 0.2) is 30.3 Å². The Hall–Kier alpha value is -1.99. The van der Waals surface area contributed by atoms with Gasteiger partial charge in [-0.25, -0.2) is 4.98 Å². The van der Waals surface area contributed by atoms with Crippen LogP contribution in [-0.2, 0) is 23.9 Å². The molecule has 162 valence electrons. The van der Waals surface area contributed by atoms with E-state index in [9.17, 15) is 18.0 Å². The average molecular weight is 460 g/mol. The predicted molar refractivity (Wildman–Crippen MR) is 112 cm³/mol. The molecule has 1 aliphatic rings. The van der Waals surface area contributed by atoms with E-state index in [4.69, 9.17) is 23.2 Å². The molecular weight excluding hydrogens is 438 g/mol. The van der Waals surface area contributed by atoms with Gasteiger partial charge in [0.15, 0.2) is 0 Å². The van der Waals surface area contributed by atoms with Gasteiger partial charge in [-0.1, -0.05) is 42.3 Å². The van der Waals surface area contributed by atoms with Crippen molar-refractivity contribution in [3.05, 3.63) is 57.2 Å². The molecule has 3 rings (SSSR count). The van der Waals surface area contributed by atoms with Crippen molar-refractivity contribution < 1.29 is 18.0 Å². The molecule has 0 aliphatic carbocycles. The van der Waals surface area contributed by atoms with Gasteiger partial charge in [-0.15, -0.1) is 0 Å². The highest BCUT2D eigenvalue weighted by molar-refractivity contribution is 6.36. The number of nitrogens with zero attached hydrogens (tertiary/aromatic N) is 2. The van der Waals surface area contributed by atoms with Crippen molar-refractivity contribution in [2.24, 2.45) is 5.92 Å². The molecule has 2 aromatic rings. The first-order valence-corrected chi connectivity index (χ1v) is 10.4. The van der Waals surface area contributed by atoms with Gasteiger partial charge >= 0.3 is 6.18 Å². The van der Waals surface area contributed by atoms with Crippen LogP contribution in [0.2, 0.25) is 10.0 Å². The fraction of sp³-hybridized carbons (Fsp3) is 0.429. The van der Waals surface area contributed by atoms with Crippen molar-refractivity contribution in [3.8, 4) is 0 Å². The molecule has 0 bridgehead atoms. The minimum atomic E-state index is -4.53. The van der Waals surface area contributed by atoms with Crippen LogP contribution in [0.25, 0.3) is 0 Å². The van der Waals surface area contributed by atoms with Gasteiger partial charge in [-0.05, 0) is 42.5 Å². The number of piperidine rings is 1. The molecule has 0 spiro atoms. The van der Waals surface area contributed by atoms with E-state index in [1.807, 2.05) is 4.90 Å². The highest BCUT2D eigenvalue weighted by Gasteiger charge is 2.34. The first kappa shape index (κ1) is 22.7. The molecule has 0 atom stereocenters. The summed E-state index contributed by atoms with van der Waals surface area (Å²) in [6.45, 7) is 3.45. The van der Waals surface area contributed by atoms with Crippen molar-refractivity contribution in [2.45, 2.75) is 38.9 Å². The molecule has 1 N–H and O–H groups in total. The molecule has 4 nitrogen and oxygen atoms in total. The molecule has 9 heteroatoms. The Morgan fingerprint density at radius 3 is 2.40 bits per heavy atom. The number of hydrogen-bond donors (Lipinski definition) is 1. The van der Waals surface area contributed by atoms with E-state index >= 15 is 0 Å². The first-order valence-electron chi connectivity index (χ1n) is 9.67. The lowest BCUT2D eigenvalue weighted by atomic mass is 9.99. The monoisotopic (exact) mass is 459 g/mol. The summed E-state index contributed by atoms with van der Waals surface area (Å²) >= 11 is 12.2. The quantitative estimate of drug-likeness (QED) is 0.641. The van der Waals surface area contributed by atoms with Crippen LogP contribution in [-0.4, -0.2) is 24.0 Å². The second-order valence-corrected chi connectivity index (χ2v) is 8.31. The van der Waals surface area contributed by atoms with E-state index in [0.29, 0.717) is 40.2 Å².